The second-order valence-corrected chi connectivity index (χ2v) is 5.08. The summed E-state index contributed by atoms with van der Waals surface area (Å²) in [6.07, 6.45) is 0.880. The number of nitrogens with zero attached hydrogens (tertiary/aromatic N) is 2. The van der Waals surface area contributed by atoms with Gasteiger partial charge in [-0.05, 0) is 37.6 Å². The Morgan fingerprint density at radius 3 is 2.79 bits per heavy atom. The van der Waals surface area contributed by atoms with Gasteiger partial charge in [0, 0.05) is 11.0 Å². The lowest BCUT2D eigenvalue weighted by Gasteiger charge is -2.08. The molecule has 5 heteroatoms. The molecule has 0 radical (unpaired) electrons. The van der Waals surface area contributed by atoms with Crippen LogP contribution in [0.15, 0.2) is 28.7 Å². The van der Waals surface area contributed by atoms with Gasteiger partial charge in [-0.15, -0.1) is 0 Å². The molecule has 0 aliphatic rings. The molecule has 0 unspecified atom stereocenters. The molecule has 19 heavy (non-hydrogen) atoms. The summed E-state index contributed by atoms with van der Waals surface area (Å²) in [4.78, 5) is 0. The van der Waals surface area contributed by atoms with Crippen LogP contribution in [-0.2, 0) is 19.6 Å². The zero-order valence-corrected chi connectivity index (χ0v) is 12.6. The molecule has 1 aromatic heterocycles. The van der Waals surface area contributed by atoms with Crippen molar-refractivity contribution < 1.29 is 9.13 Å². The van der Waals surface area contributed by atoms with E-state index in [0.29, 0.717) is 6.61 Å². The molecule has 0 N–H and O–H groups in total. The highest BCUT2D eigenvalue weighted by molar-refractivity contribution is 9.10. The number of benzene rings is 1. The average Bonchev–Trinajstić information content (AvgIpc) is 2.82. The Labute approximate surface area is 120 Å². The molecule has 0 saturated carbocycles. The van der Waals surface area contributed by atoms with Gasteiger partial charge in [0.2, 0.25) is 0 Å². The van der Waals surface area contributed by atoms with Gasteiger partial charge in [-0.1, -0.05) is 22.9 Å². The average molecular weight is 327 g/mol. The van der Waals surface area contributed by atoms with Crippen LogP contribution in [0.2, 0.25) is 0 Å². The molecule has 2 rings (SSSR count). The lowest BCUT2D eigenvalue weighted by Crippen LogP contribution is -2.06. The first kappa shape index (κ1) is 14.1. The number of rotatable bonds is 5. The number of hydrogen-bond donors (Lipinski definition) is 0. The van der Waals surface area contributed by atoms with Crippen molar-refractivity contribution in [3.63, 3.8) is 0 Å². The van der Waals surface area contributed by atoms with Crippen molar-refractivity contribution in [3.8, 4) is 5.75 Å². The second kappa shape index (κ2) is 6.19. The lowest BCUT2D eigenvalue weighted by atomic mass is 10.3. The molecule has 3 nitrogen and oxygen atoms in total. The highest BCUT2D eigenvalue weighted by atomic mass is 79.9. The van der Waals surface area contributed by atoms with E-state index in [1.54, 1.807) is 12.1 Å². The van der Waals surface area contributed by atoms with E-state index in [9.17, 15) is 4.39 Å². The van der Waals surface area contributed by atoms with E-state index >= 15 is 0 Å². The third-order valence-corrected chi connectivity index (χ3v) is 3.34. The van der Waals surface area contributed by atoms with Gasteiger partial charge in [0.05, 0.1) is 11.4 Å². The van der Waals surface area contributed by atoms with Gasteiger partial charge in [-0.2, -0.15) is 5.10 Å². The molecule has 0 fully saturated rings. The zero-order valence-electron chi connectivity index (χ0n) is 11.0. The van der Waals surface area contributed by atoms with Crippen LogP contribution >= 0.6 is 15.9 Å². The third-order valence-electron chi connectivity index (χ3n) is 2.84. The smallest absolute Gasteiger partial charge is 0.165 e. The van der Waals surface area contributed by atoms with Crippen molar-refractivity contribution in [2.45, 2.75) is 33.4 Å². The van der Waals surface area contributed by atoms with Crippen LogP contribution in [-0.4, -0.2) is 9.78 Å². The molecule has 102 valence electrons. The maximum absolute atomic E-state index is 13.6. The lowest BCUT2D eigenvalue weighted by molar-refractivity contribution is 0.278. The molecule has 0 aliphatic carbocycles. The van der Waals surface area contributed by atoms with E-state index in [0.717, 1.165) is 28.8 Å². The van der Waals surface area contributed by atoms with E-state index < -0.39 is 0 Å². The minimum Gasteiger partial charge on any atom is -0.484 e. The van der Waals surface area contributed by atoms with Gasteiger partial charge in [-0.3, -0.25) is 4.68 Å². The van der Waals surface area contributed by atoms with Crippen LogP contribution in [0.4, 0.5) is 4.39 Å². The van der Waals surface area contributed by atoms with Crippen molar-refractivity contribution in [1.82, 2.24) is 9.78 Å². The molecule has 1 aromatic carbocycles. The van der Waals surface area contributed by atoms with Gasteiger partial charge in [0.25, 0.3) is 0 Å². The Hall–Kier alpha value is -1.36. The molecular formula is C14H16BrFN2O. The summed E-state index contributed by atoms with van der Waals surface area (Å²) in [5.74, 6) is -0.113. The number of ether oxygens (including phenoxy) is 1. The highest BCUT2D eigenvalue weighted by Gasteiger charge is 2.09. The first-order valence-corrected chi connectivity index (χ1v) is 7.06. The fraction of sp³-hybridized carbons (Fsp3) is 0.357. The highest BCUT2D eigenvalue weighted by Crippen LogP contribution is 2.23. The summed E-state index contributed by atoms with van der Waals surface area (Å²) in [5.41, 5.74) is 1.98. The van der Waals surface area contributed by atoms with Gasteiger partial charge in [0.15, 0.2) is 11.6 Å². The van der Waals surface area contributed by atoms with Crippen LogP contribution in [0, 0.1) is 5.82 Å². The molecule has 0 aliphatic heterocycles. The second-order valence-electron chi connectivity index (χ2n) is 4.16. The van der Waals surface area contributed by atoms with Crippen LogP contribution in [0.3, 0.4) is 0 Å². The van der Waals surface area contributed by atoms with E-state index in [1.807, 2.05) is 17.7 Å². The van der Waals surface area contributed by atoms with E-state index in [4.69, 9.17) is 4.74 Å². The largest absolute Gasteiger partial charge is 0.484 e. The Kier molecular flexibility index (Phi) is 4.58. The maximum atomic E-state index is 13.6. The summed E-state index contributed by atoms with van der Waals surface area (Å²) < 4.78 is 21.8. The monoisotopic (exact) mass is 326 g/mol. The SMILES string of the molecule is CCc1cc(COc2cc(Br)ccc2F)n(CC)n1. The van der Waals surface area contributed by atoms with Gasteiger partial charge in [-0.25, -0.2) is 4.39 Å². The summed E-state index contributed by atoms with van der Waals surface area (Å²) in [6, 6.07) is 6.66. The summed E-state index contributed by atoms with van der Waals surface area (Å²) in [6.45, 7) is 5.17. The van der Waals surface area contributed by atoms with Crippen molar-refractivity contribution in [1.29, 1.82) is 0 Å². The van der Waals surface area contributed by atoms with Crippen LogP contribution in [0.1, 0.15) is 25.2 Å². The molecule has 2 aromatic rings. The molecule has 0 amide bonds. The van der Waals surface area contributed by atoms with Crippen LogP contribution < -0.4 is 4.74 Å². The fourth-order valence-corrected chi connectivity index (χ4v) is 2.16. The predicted octanol–water partition coefficient (Wildman–Crippen LogP) is 3.95. The fourth-order valence-electron chi connectivity index (χ4n) is 1.82. The van der Waals surface area contributed by atoms with Gasteiger partial charge in [0.1, 0.15) is 6.61 Å². The van der Waals surface area contributed by atoms with E-state index in [2.05, 4.69) is 28.0 Å². The molecule has 0 atom stereocenters. The molecule has 0 saturated heterocycles. The topological polar surface area (TPSA) is 27.1 Å². The Balaban J connectivity index is 2.13. The Morgan fingerprint density at radius 2 is 2.11 bits per heavy atom. The minimum atomic E-state index is -0.360. The summed E-state index contributed by atoms with van der Waals surface area (Å²) in [7, 11) is 0. The Bertz CT molecular complexity index is 569. The molecular weight excluding hydrogens is 311 g/mol. The number of hydrogen-bond acceptors (Lipinski definition) is 2. The minimum absolute atomic E-state index is 0.247. The number of aromatic nitrogens is 2. The summed E-state index contributed by atoms with van der Waals surface area (Å²) in [5, 5.41) is 4.43. The number of aryl methyl sites for hydroxylation is 2. The van der Waals surface area contributed by atoms with Crippen molar-refractivity contribution in [2.75, 3.05) is 0 Å². The zero-order chi connectivity index (χ0) is 13.8. The van der Waals surface area contributed by atoms with Gasteiger partial charge >= 0.3 is 0 Å². The standard InChI is InChI=1S/C14H16BrFN2O/c1-3-11-8-12(18(4-2)17-11)9-19-14-7-10(15)5-6-13(14)16/h5-8H,3-4,9H2,1-2H3. The molecule has 0 bridgehead atoms. The molecule has 1 heterocycles. The van der Waals surface area contributed by atoms with Crippen molar-refractivity contribution in [2.24, 2.45) is 0 Å². The van der Waals surface area contributed by atoms with Crippen molar-refractivity contribution in [3.05, 3.63) is 45.9 Å². The third kappa shape index (κ3) is 3.35. The maximum Gasteiger partial charge on any atom is 0.165 e. The predicted molar refractivity (Wildman–Crippen MR) is 75.7 cm³/mol. The molecule has 0 spiro atoms. The van der Waals surface area contributed by atoms with Crippen LogP contribution in [0.25, 0.3) is 0 Å². The first-order chi connectivity index (χ1) is 9.13. The van der Waals surface area contributed by atoms with Gasteiger partial charge < -0.3 is 4.74 Å². The van der Waals surface area contributed by atoms with E-state index in [-0.39, 0.29) is 11.6 Å². The number of halogens is 2. The van der Waals surface area contributed by atoms with E-state index in [1.165, 1.54) is 6.07 Å². The normalized spacial score (nSPS) is 10.7. The van der Waals surface area contributed by atoms with Crippen LogP contribution in [0.5, 0.6) is 5.75 Å². The Morgan fingerprint density at radius 1 is 1.32 bits per heavy atom. The first-order valence-electron chi connectivity index (χ1n) is 6.27. The summed E-state index contributed by atoms with van der Waals surface area (Å²) >= 11 is 3.30. The van der Waals surface area contributed by atoms with Crippen molar-refractivity contribution >= 4 is 15.9 Å². The quantitative estimate of drug-likeness (QED) is 0.831.